The molecule has 2 rings (SSSR count). The second kappa shape index (κ2) is 8.96. The van der Waals surface area contributed by atoms with E-state index in [0.717, 1.165) is 36.3 Å². The maximum Gasteiger partial charge on any atom is 0.248 e. The monoisotopic (exact) mass is 357 g/mol. The Morgan fingerprint density at radius 1 is 1.15 bits per heavy atom. The lowest BCUT2D eigenvalue weighted by atomic mass is 10.1. The zero-order valence-electron chi connectivity index (χ0n) is 15.2. The predicted octanol–water partition coefficient (Wildman–Crippen LogP) is 3.17. The first-order chi connectivity index (χ1) is 12.4. The van der Waals surface area contributed by atoms with Crippen LogP contribution in [0, 0.1) is 6.92 Å². The SMILES string of the molecule is Cc1ccc(NCCCC(C)Nc2ccc(C(N)=O)cc2NO)c(N)c1. The van der Waals surface area contributed by atoms with Gasteiger partial charge in [-0.05, 0) is 62.6 Å². The van der Waals surface area contributed by atoms with Crippen LogP contribution in [0.5, 0.6) is 0 Å². The van der Waals surface area contributed by atoms with Crippen molar-refractivity contribution < 1.29 is 10.0 Å². The fourth-order valence-corrected chi connectivity index (χ4v) is 2.73. The number of hydrogen-bond acceptors (Lipinski definition) is 6. The van der Waals surface area contributed by atoms with E-state index in [1.54, 1.807) is 12.1 Å². The quantitative estimate of drug-likeness (QED) is 0.233. The number of carbonyl (C=O) groups excluding carboxylic acids is 1. The van der Waals surface area contributed by atoms with Crippen molar-refractivity contribution in [1.82, 2.24) is 0 Å². The van der Waals surface area contributed by atoms with E-state index in [4.69, 9.17) is 11.5 Å². The van der Waals surface area contributed by atoms with Crippen LogP contribution in [0.4, 0.5) is 22.7 Å². The van der Waals surface area contributed by atoms with Gasteiger partial charge in [0.05, 0.1) is 22.7 Å². The third kappa shape index (κ3) is 5.29. The molecule has 0 aliphatic carbocycles. The molecule has 1 amide bonds. The van der Waals surface area contributed by atoms with Gasteiger partial charge in [0.1, 0.15) is 0 Å². The van der Waals surface area contributed by atoms with Gasteiger partial charge in [0, 0.05) is 18.2 Å². The van der Waals surface area contributed by atoms with Crippen molar-refractivity contribution >= 4 is 28.7 Å². The molecule has 0 aromatic heterocycles. The predicted molar refractivity (Wildman–Crippen MR) is 107 cm³/mol. The first-order valence-electron chi connectivity index (χ1n) is 8.61. The molecule has 0 heterocycles. The summed E-state index contributed by atoms with van der Waals surface area (Å²) in [6, 6.07) is 11.0. The number of primary amides is 1. The molecule has 8 N–H and O–H groups in total. The lowest BCUT2D eigenvalue weighted by Crippen LogP contribution is -2.18. The maximum atomic E-state index is 11.2. The van der Waals surface area contributed by atoms with Gasteiger partial charge in [-0.25, -0.2) is 0 Å². The Labute approximate surface area is 153 Å². The summed E-state index contributed by atoms with van der Waals surface area (Å²) in [6.45, 7) is 4.88. The van der Waals surface area contributed by atoms with Crippen molar-refractivity contribution in [3.63, 3.8) is 0 Å². The van der Waals surface area contributed by atoms with E-state index in [1.807, 2.05) is 25.1 Å². The van der Waals surface area contributed by atoms with E-state index in [2.05, 4.69) is 23.0 Å². The molecule has 0 radical (unpaired) electrons. The number of benzene rings is 2. The van der Waals surface area contributed by atoms with Crippen molar-refractivity contribution in [2.45, 2.75) is 32.7 Å². The Morgan fingerprint density at radius 2 is 1.88 bits per heavy atom. The van der Waals surface area contributed by atoms with Crippen LogP contribution in [-0.2, 0) is 0 Å². The number of nitrogen functional groups attached to an aromatic ring is 1. The molecule has 7 nitrogen and oxygen atoms in total. The van der Waals surface area contributed by atoms with Gasteiger partial charge in [0.25, 0.3) is 0 Å². The molecule has 0 spiro atoms. The van der Waals surface area contributed by atoms with E-state index in [9.17, 15) is 10.0 Å². The fourth-order valence-electron chi connectivity index (χ4n) is 2.73. The molecule has 0 bridgehead atoms. The molecular formula is C19H27N5O2. The maximum absolute atomic E-state index is 11.2. The van der Waals surface area contributed by atoms with Gasteiger partial charge in [0.2, 0.25) is 5.91 Å². The summed E-state index contributed by atoms with van der Waals surface area (Å²) in [6.07, 6.45) is 1.87. The molecule has 0 saturated heterocycles. The average molecular weight is 357 g/mol. The fraction of sp³-hybridized carbons (Fsp3) is 0.316. The van der Waals surface area contributed by atoms with Crippen LogP contribution in [0.2, 0.25) is 0 Å². The van der Waals surface area contributed by atoms with Crippen LogP contribution in [-0.4, -0.2) is 23.7 Å². The molecule has 140 valence electrons. The molecule has 7 heteroatoms. The summed E-state index contributed by atoms with van der Waals surface area (Å²) < 4.78 is 0. The van der Waals surface area contributed by atoms with Gasteiger partial charge in [0.15, 0.2) is 0 Å². The molecule has 0 aliphatic heterocycles. The van der Waals surface area contributed by atoms with Crippen molar-refractivity contribution in [2.75, 3.05) is 28.4 Å². The smallest absolute Gasteiger partial charge is 0.248 e. The average Bonchev–Trinajstić information content (AvgIpc) is 2.60. The first kappa shape index (κ1) is 19.4. The van der Waals surface area contributed by atoms with Gasteiger partial charge >= 0.3 is 0 Å². The van der Waals surface area contributed by atoms with E-state index in [1.165, 1.54) is 6.07 Å². The number of nitrogens with one attached hydrogen (secondary N) is 3. The van der Waals surface area contributed by atoms with Gasteiger partial charge in [-0.3, -0.25) is 15.5 Å². The summed E-state index contributed by atoms with van der Waals surface area (Å²) in [4.78, 5) is 11.2. The molecular weight excluding hydrogens is 330 g/mol. The van der Waals surface area contributed by atoms with Crippen LogP contribution >= 0.6 is 0 Å². The van der Waals surface area contributed by atoms with E-state index in [0.29, 0.717) is 16.9 Å². The van der Waals surface area contributed by atoms with E-state index < -0.39 is 5.91 Å². The van der Waals surface area contributed by atoms with Gasteiger partial charge < -0.3 is 22.1 Å². The highest BCUT2D eigenvalue weighted by Gasteiger charge is 2.09. The topological polar surface area (TPSA) is 125 Å². The second-order valence-electron chi connectivity index (χ2n) is 6.44. The highest BCUT2D eigenvalue weighted by atomic mass is 16.5. The standard InChI is InChI=1S/C19H27N5O2/c1-12-5-7-16(15(20)10-12)22-9-3-4-13(2)23-17-8-6-14(19(21)25)11-18(17)24-26/h5-8,10-11,13,22-24,26H,3-4,9,20H2,1-2H3,(H2,21,25). The van der Waals surface area contributed by atoms with Crippen molar-refractivity contribution in [3.8, 4) is 0 Å². The number of anilines is 4. The number of carbonyl (C=O) groups is 1. The molecule has 0 aliphatic rings. The third-order valence-electron chi connectivity index (χ3n) is 4.16. The highest BCUT2D eigenvalue weighted by Crippen LogP contribution is 2.24. The number of rotatable bonds is 9. The summed E-state index contributed by atoms with van der Waals surface area (Å²) in [5.74, 6) is -0.539. The van der Waals surface area contributed by atoms with Crippen LogP contribution in [0.15, 0.2) is 36.4 Å². The third-order valence-corrected chi connectivity index (χ3v) is 4.16. The molecule has 1 atom stereocenters. The highest BCUT2D eigenvalue weighted by molar-refractivity contribution is 5.95. The number of nitrogens with two attached hydrogens (primary N) is 2. The van der Waals surface area contributed by atoms with Gasteiger partial charge in [-0.15, -0.1) is 0 Å². The Bertz CT molecular complexity index is 764. The molecule has 2 aromatic carbocycles. The number of amides is 1. The van der Waals surface area contributed by atoms with Gasteiger partial charge in [-0.2, -0.15) is 0 Å². The number of aryl methyl sites for hydroxylation is 1. The minimum absolute atomic E-state index is 0.179. The summed E-state index contributed by atoms with van der Waals surface area (Å²) in [5.41, 5.74) is 17.6. The van der Waals surface area contributed by atoms with Crippen LogP contribution in [0.1, 0.15) is 35.7 Å². The zero-order valence-corrected chi connectivity index (χ0v) is 15.2. The Morgan fingerprint density at radius 3 is 2.54 bits per heavy atom. The van der Waals surface area contributed by atoms with Crippen molar-refractivity contribution in [3.05, 3.63) is 47.5 Å². The molecule has 26 heavy (non-hydrogen) atoms. The largest absolute Gasteiger partial charge is 0.397 e. The normalized spacial score (nSPS) is 11.7. The zero-order chi connectivity index (χ0) is 19.1. The molecule has 2 aromatic rings. The van der Waals surface area contributed by atoms with Crippen LogP contribution < -0.4 is 27.6 Å². The van der Waals surface area contributed by atoms with Crippen LogP contribution in [0.25, 0.3) is 0 Å². The molecule has 0 fully saturated rings. The molecule has 1 unspecified atom stereocenters. The lowest BCUT2D eigenvalue weighted by Gasteiger charge is -2.18. The summed E-state index contributed by atoms with van der Waals surface area (Å²) >= 11 is 0. The lowest BCUT2D eigenvalue weighted by molar-refractivity contribution is 0.100. The van der Waals surface area contributed by atoms with E-state index >= 15 is 0 Å². The second-order valence-corrected chi connectivity index (χ2v) is 6.44. The minimum atomic E-state index is -0.539. The van der Waals surface area contributed by atoms with Crippen LogP contribution in [0.3, 0.4) is 0 Å². The summed E-state index contributed by atoms with van der Waals surface area (Å²) in [7, 11) is 0. The Kier molecular flexibility index (Phi) is 6.68. The minimum Gasteiger partial charge on any atom is -0.397 e. The Hall–Kier alpha value is -2.93. The van der Waals surface area contributed by atoms with E-state index in [-0.39, 0.29) is 6.04 Å². The first-order valence-corrected chi connectivity index (χ1v) is 8.61. The molecule has 0 saturated carbocycles. The number of hydrogen-bond donors (Lipinski definition) is 6. The Balaban J connectivity index is 1.83. The summed E-state index contributed by atoms with van der Waals surface area (Å²) in [5, 5.41) is 15.9. The van der Waals surface area contributed by atoms with Gasteiger partial charge in [-0.1, -0.05) is 6.07 Å². The van der Waals surface area contributed by atoms with Crippen molar-refractivity contribution in [1.29, 1.82) is 0 Å². The van der Waals surface area contributed by atoms with Crippen molar-refractivity contribution in [2.24, 2.45) is 5.73 Å².